The molecule has 1 saturated heterocycles. The van der Waals surface area contributed by atoms with Gasteiger partial charge in [0.1, 0.15) is 0 Å². The second-order valence-corrected chi connectivity index (χ2v) is 6.95. The number of aromatic nitrogens is 2. The van der Waals surface area contributed by atoms with Crippen molar-refractivity contribution < 1.29 is 14.1 Å². The summed E-state index contributed by atoms with van der Waals surface area (Å²) in [5, 5.41) is 2.75. The average molecular weight is 341 g/mol. The number of aromatic amines is 1. The van der Waals surface area contributed by atoms with E-state index in [1.54, 1.807) is 18.3 Å². The Hall–Kier alpha value is -2.45. The van der Waals surface area contributed by atoms with Crippen molar-refractivity contribution in [2.75, 3.05) is 5.32 Å². The van der Waals surface area contributed by atoms with Crippen molar-refractivity contribution in [3.63, 3.8) is 0 Å². The van der Waals surface area contributed by atoms with Gasteiger partial charge in [0.15, 0.2) is 0 Å². The van der Waals surface area contributed by atoms with Crippen LogP contribution in [0.15, 0.2) is 41.5 Å². The van der Waals surface area contributed by atoms with Gasteiger partial charge >= 0.3 is 7.12 Å². The van der Waals surface area contributed by atoms with E-state index in [1.165, 1.54) is 18.3 Å². The molecule has 0 aliphatic carbocycles. The van der Waals surface area contributed by atoms with E-state index in [0.717, 1.165) is 0 Å². The first kappa shape index (κ1) is 17.4. The maximum atomic E-state index is 12.3. The lowest BCUT2D eigenvalue weighted by Crippen LogP contribution is -2.41. The quantitative estimate of drug-likeness (QED) is 0.822. The van der Waals surface area contributed by atoms with Crippen molar-refractivity contribution in [1.82, 2.24) is 9.97 Å². The number of carbonyl (C=O) groups is 1. The molecule has 0 atom stereocenters. The highest BCUT2D eigenvalue weighted by molar-refractivity contribution is 6.61. The smallest absolute Gasteiger partial charge is 0.398 e. The van der Waals surface area contributed by atoms with Crippen molar-refractivity contribution >= 4 is 24.3 Å². The third kappa shape index (κ3) is 3.50. The first-order valence-electron chi connectivity index (χ1n) is 8.00. The standard InChI is InChI=1S/C17H20BN3O4/c1-16(2)17(3,4)25-18(24-16)13-10-12(6-8-19-13)21-15(23)11-5-7-20-14(22)9-11/h5-10H,1-4H3,(H,20,22)(H,19,21,23). The normalized spacial score (nSPS) is 18.2. The number of hydrogen-bond donors (Lipinski definition) is 2. The van der Waals surface area contributed by atoms with E-state index in [-0.39, 0.29) is 17.0 Å². The van der Waals surface area contributed by atoms with Crippen LogP contribution in [0.4, 0.5) is 5.69 Å². The summed E-state index contributed by atoms with van der Waals surface area (Å²) in [5.41, 5.74) is 0.123. The minimum absolute atomic E-state index is 0.276. The summed E-state index contributed by atoms with van der Waals surface area (Å²) in [4.78, 5) is 30.3. The van der Waals surface area contributed by atoms with Crippen molar-refractivity contribution in [3.05, 3.63) is 52.6 Å². The fourth-order valence-corrected chi connectivity index (χ4v) is 2.41. The van der Waals surface area contributed by atoms with Gasteiger partial charge in [0.25, 0.3) is 5.91 Å². The summed E-state index contributed by atoms with van der Waals surface area (Å²) < 4.78 is 11.9. The molecule has 0 saturated carbocycles. The topological polar surface area (TPSA) is 93.3 Å². The average Bonchev–Trinajstić information content (AvgIpc) is 2.76. The first-order valence-corrected chi connectivity index (χ1v) is 8.00. The molecule has 1 amide bonds. The molecule has 25 heavy (non-hydrogen) atoms. The molecule has 3 heterocycles. The van der Waals surface area contributed by atoms with Gasteiger partial charge in [-0.2, -0.15) is 0 Å². The van der Waals surface area contributed by atoms with E-state index in [0.29, 0.717) is 11.3 Å². The van der Waals surface area contributed by atoms with Crippen molar-refractivity contribution in [3.8, 4) is 0 Å². The van der Waals surface area contributed by atoms with Crippen molar-refractivity contribution in [2.24, 2.45) is 0 Å². The molecule has 7 nitrogen and oxygen atoms in total. The van der Waals surface area contributed by atoms with Crippen LogP contribution in [-0.2, 0) is 9.31 Å². The molecule has 0 aromatic carbocycles. The molecule has 130 valence electrons. The third-order valence-electron chi connectivity index (χ3n) is 4.57. The van der Waals surface area contributed by atoms with Gasteiger partial charge in [0.2, 0.25) is 5.56 Å². The van der Waals surface area contributed by atoms with Crippen LogP contribution in [0.5, 0.6) is 0 Å². The number of pyridine rings is 2. The van der Waals surface area contributed by atoms with Crippen LogP contribution in [0.1, 0.15) is 38.1 Å². The molecular weight excluding hydrogens is 321 g/mol. The highest BCUT2D eigenvalue weighted by atomic mass is 16.7. The van der Waals surface area contributed by atoms with Gasteiger partial charge < -0.3 is 19.6 Å². The maximum absolute atomic E-state index is 12.3. The predicted molar refractivity (Wildman–Crippen MR) is 95.0 cm³/mol. The van der Waals surface area contributed by atoms with Gasteiger partial charge in [-0.05, 0) is 45.9 Å². The van der Waals surface area contributed by atoms with Crippen LogP contribution in [0, 0.1) is 0 Å². The third-order valence-corrected chi connectivity index (χ3v) is 4.57. The second kappa shape index (κ2) is 6.13. The maximum Gasteiger partial charge on any atom is 0.514 e. The van der Waals surface area contributed by atoms with Gasteiger partial charge in [-0.15, -0.1) is 0 Å². The monoisotopic (exact) mass is 341 g/mol. The Bertz CT molecular complexity index is 847. The Kier molecular flexibility index (Phi) is 4.26. The fourth-order valence-electron chi connectivity index (χ4n) is 2.41. The van der Waals surface area contributed by atoms with E-state index < -0.39 is 18.3 Å². The zero-order valence-corrected chi connectivity index (χ0v) is 14.6. The Morgan fingerprint density at radius 2 is 1.84 bits per heavy atom. The number of anilines is 1. The molecular formula is C17H20BN3O4. The van der Waals surface area contributed by atoms with Crippen molar-refractivity contribution in [2.45, 2.75) is 38.9 Å². The summed E-state index contributed by atoms with van der Waals surface area (Å²) in [6, 6.07) is 6.14. The highest BCUT2D eigenvalue weighted by Crippen LogP contribution is 2.36. The van der Waals surface area contributed by atoms with Crippen LogP contribution >= 0.6 is 0 Å². The van der Waals surface area contributed by atoms with Crippen LogP contribution in [0.3, 0.4) is 0 Å². The Morgan fingerprint density at radius 3 is 2.48 bits per heavy atom. The number of hydrogen-bond acceptors (Lipinski definition) is 5. The molecule has 0 radical (unpaired) electrons. The fraction of sp³-hybridized carbons (Fsp3) is 0.353. The summed E-state index contributed by atoms with van der Waals surface area (Å²) in [6.45, 7) is 7.86. The Balaban J connectivity index is 1.79. The number of nitrogens with zero attached hydrogens (tertiary/aromatic N) is 1. The zero-order chi connectivity index (χ0) is 18.2. The molecule has 1 aliphatic rings. The van der Waals surface area contributed by atoms with E-state index in [9.17, 15) is 9.59 Å². The first-order chi connectivity index (χ1) is 11.7. The van der Waals surface area contributed by atoms with Gasteiger partial charge in [-0.3, -0.25) is 14.6 Å². The van der Waals surface area contributed by atoms with Crippen molar-refractivity contribution in [1.29, 1.82) is 0 Å². The molecule has 2 N–H and O–H groups in total. The summed E-state index contributed by atoms with van der Waals surface area (Å²) >= 11 is 0. The molecule has 2 aromatic heterocycles. The number of amides is 1. The van der Waals surface area contributed by atoms with E-state index >= 15 is 0 Å². The molecule has 0 spiro atoms. The zero-order valence-electron chi connectivity index (χ0n) is 14.6. The molecule has 3 rings (SSSR count). The number of carbonyl (C=O) groups excluding carboxylic acids is 1. The summed E-state index contributed by atoms with van der Waals surface area (Å²) in [7, 11) is -0.610. The number of nitrogens with one attached hydrogen (secondary N) is 2. The van der Waals surface area contributed by atoms with Gasteiger partial charge in [-0.25, -0.2) is 0 Å². The van der Waals surface area contributed by atoms with Crippen LogP contribution in [0.2, 0.25) is 0 Å². The molecule has 0 bridgehead atoms. The van der Waals surface area contributed by atoms with E-state index in [4.69, 9.17) is 9.31 Å². The SMILES string of the molecule is CC1(C)OB(c2cc(NC(=O)c3cc[nH]c(=O)c3)ccn2)OC1(C)C. The highest BCUT2D eigenvalue weighted by Gasteiger charge is 2.52. The molecule has 2 aromatic rings. The Morgan fingerprint density at radius 1 is 1.16 bits per heavy atom. The number of rotatable bonds is 3. The molecule has 1 fully saturated rings. The van der Waals surface area contributed by atoms with Gasteiger partial charge in [0.05, 0.1) is 16.8 Å². The summed E-state index contributed by atoms with van der Waals surface area (Å²) in [5.74, 6) is -0.378. The van der Waals surface area contributed by atoms with Crippen LogP contribution in [-0.4, -0.2) is 34.2 Å². The lowest BCUT2D eigenvalue weighted by Gasteiger charge is -2.32. The van der Waals surface area contributed by atoms with Gasteiger partial charge in [0, 0.05) is 29.7 Å². The lowest BCUT2D eigenvalue weighted by molar-refractivity contribution is 0.00578. The van der Waals surface area contributed by atoms with Crippen LogP contribution < -0.4 is 16.5 Å². The van der Waals surface area contributed by atoms with E-state index in [1.807, 2.05) is 27.7 Å². The van der Waals surface area contributed by atoms with E-state index in [2.05, 4.69) is 15.3 Å². The second-order valence-electron chi connectivity index (χ2n) is 6.95. The summed E-state index contributed by atoms with van der Waals surface area (Å²) in [6.07, 6.45) is 3.01. The van der Waals surface area contributed by atoms with Crippen LogP contribution in [0.25, 0.3) is 0 Å². The van der Waals surface area contributed by atoms with Gasteiger partial charge in [-0.1, -0.05) is 0 Å². The lowest BCUT2D eigenvalue weighted by atomic mass is 9.84. The predicted octanol–water partition coefficient (Wildman–Crippen LogP) is 1.32. The molecule has 1 aliphatic heterocycles. The largest absolute Gasteiger partial charge is 0.514 e. The minimum Gasteiger partial charge on any atom is -0.398 e. The number of H-pyrrole nitrogens is 1. The molecule has 0 unspecified atom stereocenters. The molecule has 8 heteroatoms. The minimum atomic E-state index is -0.610. The Labute approximate surface area is 145 Å².